The number of aromatic nitrogens is 8. The summed E-state index contributed by atoms with van der Waals surface area (Å²) >= 11 is 0. The summed E-state index contributed by atoms with van der Waals surface area (Å²) in [5.74, 6) is -2.01. The van der Waals surface area contributed by atoms with Crippen LogP contribution in [0.5, 0.6) is 0 Å². The summed E-state index contributed by atoms with van der Waals surface area (Å²) in [4.78, 5) is 60.9. The van der Waals surface area contributed by atoms with E-state index in [0.717, 1.165) is 11.0 Å². The lowest BCUT2D eigenvalue weighted by Crippen LogP contribution is -2.38. The largest absolute Gasteiger partial charge is 0.366 e. The molecule has 0 atom stereocenters. The Labute approximate surface area is 311 Å². The molecule has 16 heteroatoms. The highest BCUT2D eigenvalue weighted by Gasteiger charge is 2.27. The van der Waals surface area contributed by atoms with Gasteiger partial charge in [0.05, 0.1) is 33.5 Å². The van der Waals surface area contributed by atoms with Crippen molar-refractivity contribution >= 4 is 45.7 Å². The number of rotatable bonds is 11. The molecule has 0 saturated heterocycles. The van der Waals surface area contributed by atoms with Crippen molar-refractivity contribution in [3.63, 3.8) is 0 Å². The van der Waals surface area contributed by atoms with Gasteiger partial charge < -0.3 is 29.7 Å². The molecule has 6 aromatic rings. The van der Waals surface area contributed by atoms with Crippen LogP contribution in [-0.2, 0) is 39.3 Å². The Kier molecular flexibility index (Phi) is 9.88. The first-order valence-corrected chi connectivity index (χ1v) is 17.8. The van der Waals surface area contributed by atoms with E-state index in [4.69, 9.17) is 11.5 Å². The molecule has 0 spiro atoms. The monoisotopic (exact) mass is 734 g/mol. The molecule has 2 aromatic carbocycles. The molecule has 0 aliphatic heterocycles. The van der Waals surface area contributed by atoms with Crippen molar-refractivity contribution in [2.45, 2.75) is 79.6 Å². The Hall–Kier alpha value is -6.32. The number of fused-ring (bicyclic) bond motifs is 2. The van der Waals surface area contributed by atoms with Crippen molar-refractivity contribution in [1.29, 1.82) is 0 Å². The predicted octanol–water partition coefficient (Wildman–Crippen LogP) is 3.22. The summed E-state index contributed by atoms with van der Waals surface area (Å²) in [6, 6.07) is 13.8. The molecule has 4 aromatic heterocycles. The van der Waals surface area contributed by atoms with Crippen LogP contribution in [-0.4, -0.2) is 61.5 Å². The number of aryl methyl sites for hydroxylation is 7. The Morgan fingerprint density at radius 3 is 1.65 bits per heavy atom. The minimum absolute atomic E-state index is 0.334. The van der Waals surface area contributed by atoms with Gasteiger partial charge in [0, 0.05) is 50.4 Å². The summed E-state index contributed by atoms with van der Waals surface area (Å²) in [6.07, 6.45) is 1.20. The molecular weight excluding hydrogens is 688 g/mol. The second-order valence-electron chi connectivity index (χ2n) is 14.1. The highest BCUT2D eigenvalue weighted by atomic mass is 16.2. The first-order valence-electron chi connectivity index (χ1n) is 17.8. The predicted molar refractivity (Wildman–Crippen MR) is 202 cm³/mol. The van der Waals surface area contributed by atoms with Crippen molar-refractivity contribution in [2.75, 3.05) is 0 Å². The average molecular weight is 735 g/mol. The highest BCUT2D eigenvalue weighted by molar-refractivity contribution is 5.98. The van der Waals surface area contributed by atoms with E-state index < -0.39 is 29.2 Å². The fraction of sp³-hybridized carbons (Fsp3) is 0.368. The number of amides is 4. The number of imidazole rings is 2. The van der Waals surface area contributed by atoms with Gasteiger partial charge in [-0.1, -0.05) is 0 Å². The quantitative estimate of drug-likeness (QED) is 0.205. The van der Waals surface area contributed by atoms with E-state index in [0.29, 0.717) is 88.6 Å². The van der Waals surface area contributed by atoms with Gasteiger partial charge in [0.15, 0.2) is 0 Å². The Bertz CT molecular complexity index is 2640. The summed E-state index contributed by atoms with van der Waals surface area (Å²) in [6.45, 7) is 13.1. The fourth-order valence-electron chi connectivity index (χ4n) is 7.14. The highest BCUT2D eigenvalue weighted by Crippen LogP contribution is 2.27. The summed E-state index contributed by atoms with van der Waals surface area (Å²) < 4.78 is 10.8. The molecule has 0 aliphatic rings. The number of hydrogen-bond acceptors (Lipinski definition) is 6. The first kappa shape index (κ1) is 37.4. The van der Waals surface area contributed by atoms with Crippen LogP contribution in [0.25, 0.3) is 22.1 Å². The van der Waals surface area contributed by atoms with E-state index in [9.17, 15) is 19.2 Å². The minimum atomic E-state index is -0.629. The average Bonchev–Trinajstić information content (AvgIpc) is 3.85. The van der Waals surface area contributed by atoms with Crippen LogP contribution in [0.4, 0.5) is 0 Å². The molecule has 0 fully saturated rings. The maximum atomic E-state index is 13.7. The van der Waals surface area contributed by atoms with Gasteiger partial charge in [0.1, 0.15) is 11.4 Å². The lowest BCUT2D eigenvalue weighted by atomic mass is 9.97. The Morgan fingerprint density at radius 1 is 0.685 bits per heavy atom. The normalized spacial score (nSPS) is 12.7. The molecule has 0 radical (unpaired) electrons. The van der Waals surface area contributed by atoms with Gasteiger partial charge in [-0.2, -0.15) is 20.2 Å². The third kappa shape index (κ3) is 6.70. The molecule has 4 amide bonds. The number of primary amides is 2. The second-order valence-corrected chi connectivity index (χ2v) is 14.1. The van der Waals surface area contributed by atoms with E-state index in [1.165, 1.54) is 0 Å². The Morgan fingerprint density at radius 2 is 1.15 bits per heavy atom. The van der Waals surface area contributed by atoms with Gasteiger partial charge in [-0.25, -0.2) is 0 Å². The van der Waals surface area contributed by atoms with Crippen LogP contribution >= 0.6 is 0 Å². The summed E-state index contributed by atoms with van der Waals surface area (Å²) in [5.41, 5.74) is 17.2. The van der Waals surface area contributed by atoms with E-state index in [1.54, 1.807) is 69.0 Å². The van der Waals surface area contributed by atoms with Gasteiger partial charge in [0.25, 0.3) is 11.8 Å². The lowest BCUT2D eigenvalue weighted by Gasteiger charge is -2.28. The number of benzene rings is 2. The minimum Gasteiger partial charge on any atom is -0.366 e. The van der Waals surface area contributed by atoms with Crippen LogP contribution in [0, 0.1) is 13.8 Å². The van der Waals surface area contributed by atoms with Crippen LogP contribution < -0.4 is 22.7 Å². The molecule has 54 heavy (non-hydrogen) atoms. The van der Waals surface area contributed by atoms with Gasteiger partial charge in [-0.15, -0.1) is 0 Å². The number of carbonyl (C=O) groups is 4. The third-order valence-electron chi connectivity index (χ3n) is 9.84. The van der Waals surface area contributed by atoms with Crippen molar-refractivity contribution in [2.24, 2.45) is 35.5 Å². The van der Waals surface area contributed by atoms with Crippen LogP contribution in [0.15, 0.2) is 58.5 Å². The van der Waals surface area contributed by atoms with Crippen molar-refractivity contribution in [1.82, 2.24) is 37.8 Å². The summed E-state index contributed by atoms with van der Waals surface area (Å²) in [7, 11) is 3.60. The molecular formula is C38H46N12O4. The fourth-order valence-corrected chi connectivity index (χ4v) is 7.14. The molecule has 0 bridgehead atoms. The summed E-state index contributed by atoms with van der Waals surface area (Å²) in [5, 5.41) is 8.84. The second kappa shape index (κ2) is 14.2. The molecule has 4 heterocycles. The molecule has 282 valence electrons. The van der Waals surface area contributed by atoms with E-state index in [2.05, 4.69) is 34.0 Å². The van der Waals surface area contributed by atoms with Crippen molar-refractivity contribution in [3.05, 3.63) is 93.7 Å². The van der Waals surface area contributed by atoms with E-state index >= 15 is 0 Å². The molecule has 4 N–H and O–H groups in total. The van der Waals surface area contributed by atoms with Crippen LogP contribution in [0.2, 0.25) is 0 Å². The molecule has 16 nitrogen and oxygen atoms in total. The number of hydrogen-bond donors (Lipinski definition) is 2. The SMILES string of the molecule is CCn1nc(C)cc1C(=O)/N=c1\n(C)c2cc(C(N)=O)ccc2n1CCCC(C)(C)n1/c(=N/C(=O)c2cc(C)nn2CC)n(C)c2cc(C(N)=O)ccc21. The molecule has 6 rings (SSSR count). The molecule has 0 saturated carbocycles. The lowest BCUT2D eigenvalue weighted by molar-refractivity contribution is 0.0976. The van der Waals surface area contributed by atoms with Gasteiger partial charge in [-0.05, 0) is 103 Å². The van der Waals surface area contributed by atoms with Crippen molar-refractivity contribution in [3.8, 4) is 0 Å². The molecule has 0 unspecified atom stereocenters. The number of carbonyl (C=O) groups excluding carboxylic acids is 4. The number of nitrogens with two attached hydrogens (primary N) is 2. The van der Waals surface area contributed by atoms with Gasteiger partial charge in [0.2, 0.25) is 23.1 Å². The van der Waals surface area contributed by atoms with Crippen LogP contribution in [0.1, 0.15) is 93.6 Å². The van der Waals surface area contributed by atoms with Gasteiger partial charge >= 0.3 is 0 Å². The van der Waals surface area contributed by atoms with E-state index in [-0.39, 0.29) is 0 Å². The zero-order chi connectivity index (χ0) is 39.2. The first-order chi connectivity index (χ1) is 25.6. The van der Waals surface area contributed by atoms with E-state index in [1.807, 2.05) is 49.0 Å². The number of nitrogens with zero attached hydrogens (tertiary/aromatic N) is 10. The third-order valence-corrected chi connectivity index (χ3v) is 9.84. The zero-order valence-corrected chi connectivity index (χ0v) is 31.9. The van der Waals surface area contributed by atoms with Crippen molar-refractivity contribution < 1.29 is 19.2 Å². The van der Waals surface area contributed by atoms with Gasteiger partial charge in [-0.3, -0.25) is 28.5 Å². The molecule has 0 aliphatic carbocycles. The maximum Gasteiger partial charge on any atom is 0.298 e. The standard InChI is InChI=1S/C38H46N12O4/c1-9-48-30(18-22(3)43-48)34(53)41-36-45(7)28-20-24(32(39)51)12-14-26(28)47(36)17-11-16-38(5,6)50-27-15-13-25(33(40)52)21-29(27)46(8)37(50)42-35(54)31-19-23(4)44-49(31)10-2/h12-15,18-21H,9-11,16-17H2,1-8H3,(H2,39,51)(H2,40,52)/b41-36+,42-37+. The zero-order valence-electron chi connectivity index (χ0n) is 31.9. The topological polar surface area (TPSA) is 200 Å². The Balaban J connectivity index is 1.44. The maximum absolute atomic E-state index is 13.7. The smallest absolute Gasteiger partial charge is 0.298 e. The van der Waals surface area contributed by atoms with Crippen LogP contribution in [0.3, 0.4) is 0 Å².